The highest BCUT2D eigenvalue weighted by molar-refractivity contribution is 5.02. The molecule has 1 heterocycles. The summed E-state index contributed by atoms with van der Waals surface area (Å²) in [6, 6.07) is 0. The molecule has 100 valence electrons. The molecule has 1 aliphatic rings. The minimum Gasteiger partial charge on any atom is -0.309 e. The standard InChI is InChI=1S/C14H29N3/c1-12(2)7-5-6-10-17-14(11-15-16-17)9-8-13(3)4/h11-13,15-16H,5-10H2,1-4H3. The van der Waals surface area contributed by atoms with Crippen LogP contribution in [0.25, 0.3) is 0 Å². The van der Waals surface area contributed by atoms with E-state index in [-0.39, 0.29) is 0 Å². The SMILES string of the molecule is CC(C)CCCCN1NNC=C1CCC(C)C. The number of nitrogens with zero attached hydrogens (tertiary/aromatic N) is 1. The summed E-state index contributed by atoms with van der Waals surface area (Å²) in [4.78, 5) is 0. The molecule has 0 radical (unpaired) electrons. The minimum absolute atomic E-state index is 0.777. The van der Waals surface area contributed by atoms with Crippen LogP contribution in [0, 0.1) is 11.8 Å². The Morgan fingerprint density at radius 3 is 2.41 bits per heavy atom. The summed E-state index contributed by atoms with van der Waals surface area (Å²) in [5.74, 6) is 1.61. The summed E-state index contributed by atoms with van der Waals surface area (Å²) in [5.41, 5.74) is 7.72. The molecule has 17 heavy (non-hydrogen) atoms. The van der Waals surface area contributed by atoms with Gasteiger partial charge in [-0.3, -0.25) is 5.01 Å². The first-order valence-corrected chi connectivity index (χ1v) is 7.07. The van der Waals surface area contributed by atoms with Crippen LogP contribution in [-0.2, 0) is 0 Å². The van der Waals surface area contributed by atoms with Gasteiger partial charge in [0.2, 0.25) is 0 Å². The van der Waals surface area contributed by atoms with Crippen LogP contribution in [0.4, 0.5) is 0 Å². The second-order valence-corrected chi connectivity index (χ2v) is 5.87. The van der Waals surface area contributed by atoms with Crippen LogP contribution in [0.3, 0.4) is 0 Å². The van der Waals surface area contributed by atoms with E-state index in [1.54, 1.807) is 0 Å². The minimum atomic E-state index is 0.777. The molecule has 3 nitrogen and oxygen atoms in total. The van der Waals surface area contributed by atoms with Crippen molar-refractivity contribution >= 4 is 0 Å². The highest BCUT2D eigenvalue weighted by Crippen LogP contribution is 2.17. The zero-order chi connectivity index (χ0) is 12.7. The first kappa shape index (κ1) is 14.4. The van der Waals surface area contributed by atoms with Crippen molar-refractivity contribution < 1.29 is 0 Å². The normalized spacial score (nSPS) is 15.6. The summed E-state index contributed by atoms with van der Waals surface area (Å²) in [7, 11) is 0. The molecule has 2 N–H and O–H groups in total. The summed E-state index contributed by atoms with van der Waals surface area (Å²) in [6.45, 7) is 10.3. The summed E-state index contributed by atoms with van der Waals surface area (Å²) in [6.07, 6.45) is 8.47. The first-order valence-electron chi connectivity index (χ1n) is 7.07. The number of hydrazine groups is 2. The molecule has 1 rings (SSSR count). The molecule has 0 saturated heterocycles. The van der Waals surface area contributed by atoms with E-state index in [0.29, 0.717) is 0 Å². The third-order valence-electron chi connectivity index (χ3n) is 3.18. The maximum atomic E-state index is 3.21. The highest BCUT2D eigenvalue weighted by Gasteiger charge is 2.14. The van der Waals surface area contributed by atoms with Crippen LogP contribution in [0.2, 0.25) is 0 Å². The predicted molar refractivity (Wildman–Crippen MR) is 73.8 cm³/mol. The van der Waals surface area contributed by atoms with Crippen molar-refractivity contribution in [1.29, 1.82) is 0 Å². The Hall–Kier alpha value is -0.700. The lowest BCUT2D eigenvalue weighted by Gasteiger charge is -2.21. The van der Waals surface area contributed by atoms with Gasteiger partial charge in [0, 0.05) is 18.4 Å². The maximum Gasteiger partial charge on any atom is 0.0483 e. The monoisotopic (exact) mass is 239 g/mol. The Morgan fingerprint density at radius 2 is 1.76 bits per heavy atom. The Kier molecular flexibility index (Phi) is 6.41. The average molecular weight is 239 g/mol. The molecule has 3 heteroatoms. The van der Waals surface area contributed by atoms with Crippen LogP contribution < -0.4 is 11.0 Å². The summed E-state index contributed by atoms with van der Waals surface area (Å²) < 4.78 is 0. The van der Waals surface area contributed by atoms with E-state index in [1.807, 2.05) is 0 Å². The second kappa shape index (κ2) is 7.59. The van der Waals surface area contributed by atoms with Crippen molar-refractivity contribution in [2.45, 2.75) is 59.8 Å². The smallest absolute Gasteiger partial charge is 0.0483 e. The topological polar surface area (TPSA) is 27.3 Å². The number of nitrogens with one attached hydrogen (secondary N) is 2. The zero-order valence-electron chi connectivity index (χ0n) is 11.9. The van der Waals surface area contributed by atoms with Gasteiger partial charge in [0.15, 0.2) is 0 Å². The molecule has 0 aromatic rings. The molecule has 0 fully saturated rings. The van der Waals surface area contributed by atoms with Crippen LogP contribution >= 0.6 is 0 Å². The van der Waals surface area contributed by atoms with Gasteiger partial charge in [-0.25, -0.2) is 0 Å². The molecule has 0 unspecified atom stereocenters. The van der Waals surface area contributed by atoms with E-state index in [0.717, 1.165) is 18.4 Å². The Bertz CT molecular complexity index is 234. The molecule has 0 saturated carbocycles. The van der Waals surface area contributed by atoms with Gasteiger partial charge in [0.25, 0.3) is 0 Å². The third kappa shape index (κ3) is 5.97. The van der Waals surface area contributed by atoms with Gasteiger partial charge in [-0.2, -0.15) is 0 Å². The lowest BCUT2D eigenvalue weighted by atomic mass is 10.1. The fraction of sp³-hybridized carbons (Fsp3) is 0.857. The first-order chi connectivity index (χ1) is 8.09. The average Bonchev–Trinajstić information content (AvgIpc) is 2.68. The van der Waals surface area contributed by atoms with Gasteiger partial charge < -0.3 is 5.43 Å². The maximum absolute atomic E-state index is 3.21. The van der Waals surface area contributed by atoms with Crippen LogP contribution in [0.1, 0.15) is 59.8 Å². The quantitative estimate of drug-likeness (QED) is 0.636. The predicted octanol–water partition coefficient (Wildman–Crippen LogP) is 3.42. The molecular weight excluding hydrogens is 210 g/mol. The highest BCUT2D eigenvalue weighted by atomic mass is 15.7. The number of unbranched alkanes of at least 4 members (excludes halogenated alkanes) is 1. The van der Waals surface area contributed by atoms with Gasteiger partial charge in [-0.05, 0) is 31.1 Å². The number of allylic oxidation sites excluding steroid dienone is 1. The molecule has 0 aliphatic carbocycles. The molecule has 0 aromatic carbocycles. The van der Waals surface area contributed by atoms with Crippen molar-refractivity contribution in [2.24, 2.45) is 11.8 Å². The largest absolute Gasteiger partial charge is 0.309 e. The molecule has 0 aromatic heterocycles. The molecule has 0 bridgehead atoms. The van der Waals surface area contributed by atoms with E-state index in [4.69, 9.17) is 0 Å². The Morgan fingerprint density at radius 1 is 1.06 bits per heavy atom. The summed E-state index contributed by atoms with van der Waals surface area (Å²) in [5, 5.41) is 2.27. The van der Waals surface area contributed by atoms with Crippen molar-refractivity contribution in [1.82, 2.24) is 16.0 Å². The molecule has 0 amide bonds. The van der Waals surface area contributed by atoms with Gasteiger partial charge in [0.05, 0.1) is 0 Å². The molecule has 0 atom stereocenters. The fourth-order valence-corrected chi connectivity index (χ4v) is 2.01. The van der Waals surface area contributed by atoms with E-state index in [2.05, 4.69) is 49.9 Å². The van der Waals surface area contributed by atoms with Crippen LogP contribution in [0.15, 0.2) is 11.9 Å². The number of hydrogen-bond acceptors (Lipinski definition) is 3. The van der Waals surface area contributed by atoms with Gasteiger partial charge >= 0.3 is 0 Å². The lowest BCUT2D eigenvalue weighted by Crippen LogP contribution is -2.38. The van der Waals surface area contributed by atoms with E-state index < -0.39 is 0 Å². The van der Waals surface area contributed by atoms with Crippen molar-refractivity contribution in [3.63, 3.8) is 0 Å². The van der Waals surface area contributed by atoms with Crippen molar-refractivity contribution in [2.75, 3.05) is 6.54 Å². The number of hydrogen-bond donors (Lipinski definition) is 2. The Balaban J connectivity index is 2.17. The lowest BCUT2D eigenvalue weighted by molar-refractivity contribution is 0.235. The number of rotatable bonds is 8. The molecular formula is C14H29N3. The van der Waals surface area contributed by atoms with E-state index in [1.165, 1.54) is 37.8 Å². The van der Waals surface area contributed by atoms with Gasteiger partial charge in [0.1, 0.15) is 0 Å². The van der Waals surface area contributed by atoms with Crippen molar-refractivity contribution in [3.8, 4) is 0 Å². The fourth-order valence-electron chi connectivity index (χ4n) is 2.01. The summed E-state index contributed by atoms with van der Waals surface area (Å²) >= 11 is 0. The second-order valence-electron chi connectivity index (χ2n) is 5.87. The molecule has 0 spiro atoms. The molecule has 1 aliphatic heterocycles. The van der Waals surface area contributed by atoms with E-state index in [9.17, 15) is 0 Å². The van der Waals surface area contributed by atoms with Gasteiger partial charge in [-0.1, -0.05) is 40.5 Å². The van der Waals surface area contributed by atoms with Crippen LogP contribution in [0.5, 0.6) is 0 Å². The zero-order valence-corrected chi connectivity index (χ0v) is 11.9. The Labute approximate surface area is 107 Å². The van der Waals surface area contributed by atoms with Gasteiger partial charge in [-0.15, -0.1) is 5.53 Å². The van der Waals surface area contributed by atoms with Crippen LogP contribution in [-0.4, -0.2) is 11.6 Å². The van der Waals surface area contributed by atoms with Crippen molar-refractivity contribution in [3.05, 3.63) is 11.9 Å². The van der Waals surface area contributed by atoms with E-state index >= 15 is 0 Å². The third-order valence-corrected chi connectivity index (χ3v) is 3.18.